The van der Waals surface area contributed by atoms with Gasteiger partial charge >= 0.3 is 0 Å². The molecule has 3 atom stereocenters. The van der Waals surface area contributed by atoms with E-state index in [1.807, 2.05) is 6.08 Å². The molecule has 0 amide bonds. The number of hydrogen-bond acceptors (Lipinski definition) is 1. The Morgan fingerprint density at radius 2 is 2.00 bits per heavy atom. The monoisotopic (exact) mass is 178 g/mol. The summed E-state index contributed by atoms with van der Waals surface area (Å²) in [5.74, 6) is 2.11. The summed E-state index contributed by atoms with van der Waals surface area (Å²) in [5, 5.41) is 0. The highest BCUT2D eigenvalue weighted by Gasteiger charge is 2.37. The van der Waals surface area contributed by atoms with Gasteiger partial charge in [-0.2, -0.15) is 0 Å². The van der Waals surface area contributed by atoms with Gasteiger partial charge in [0.05, 0.1) is 0 Å². The van der Waals surface area contributed by atoms with Crippen molar-refractivity contribution < 1.29 is 4.79 Å². The van der Waals surface area contributed by atoms with Crippen molar-refractivity contribution in [2.24, 2.45) is 17.8 Å². The van der Waals surface area contributed by atoms with E-state index >= 15 is 0 Å². The van der Waals surface area contributed by atoms with Crippen molar-refractivity contribution in [3.8, 4) is 0 Å². The van der Waals surface area contributed by atoms with Crippen molar-refractivity contribution in [1.29, 1.82) is 0 Å². The lowest BCUT2D eigenvalue weighted by Crippen LogP contribution is -2.35. The number of carbonyl (C=O) groups excluding carboxylic acids is 1. The second kappa shape index (κ2) is 3.65. The van der Waals surface area contributed by atoms with Crippen LogP contribution in [0.3, 0.4) is 0 Å². The Hall–Kier alpha value is -0.590. The quantitative estimate of drug-likeness (QED) is 0.564. The number of carbonyl (C=O) groups is 1. The molecule has 0 aliphatic heterocycles. The van der Waals surface area contributed by atoms with Gasteiger partial charge in [-0.25, -0.2) is 0 Å². The van der Waals surface area contributed by atoms with Crippen molar-refractivity contribution in [1.82, 2.24) is 0 Å². The lowest BCUT2D eigenvalue weighted by atomic mass is 9.65. The Morgan fingerprint density at radius 3 is 2.77 bits per heavy atom. The maximum absolute atomic E-state index is 11.6. The first-order valence-corrected chi connectivity index (χ1v) is 5.48. The summed E-state index contributed by atoms with van der Waals surface area (Å²) in [6.07, 6.45) is 9.14. The molecule has 0 bridgehead atoms. The zero-order valence-electron chi connectivity index (χ0n) is 8.17. The summed E-state index contributed by atoms with van der Waals surface area (Å²) in [6, 6.07) is 0. The van der Waals surface area contributed by atoms with Crippen LogP contribution in [0.25, 0.3) is 0 Å². The normalized spacial score (nSPS) is 39.7. The molecule has 0 aromatic rings. The molecule has 2 rings (SSSR count). The Morgan fingerprint density at radius 1 is 1.23 bits per heavy atom. The molecule has 13 heavy (non-hydrogen) atoms. The van der Waals surface area contributed by atoms with E-state index in [1.165, 1.54) is 25.7 Å². The molecule has 0 aromatic carbocycles. The molecule has 2 aliphatic rings. The minimum absolute atomic E-state index is 0.194. The molecule has 0 heterocycles. The topological polar surface area (TPSA) is 17.1 Å². The van der Waals surface area contributed by atoms with E-state index in [-0.39, 0.29) is 5.92 Å². The second-order valence-electron chi connectivity index (χ2n) is 4.47. The van der Waals surface area contributed by atoms with Crippen LogP contribution < -0.4 is 0 Å². The highest BCUT2D eigenvalue weighted by Crippen LogP contribution is 2.42. The number of ketones is 1. The number of rotatable bonds is 1. The van der Waals surface area contributed by atoms with E-state index < -0.39 is 0 Å². The van der Waals surface area contributed by atoms with Crippen LogP contribution in [-0.4, -0.2) is 5.78 Å². The summed E-state index contributed by atoms with van der Waals surface area (Å²) in [7, 11) is 0. The molecule has 2 aliphatic carbocycles. The average molecular weight is 178 g/mol. The van der Waals surface area contributed by atoms with Crippen molar-refractivity contribution in [2.45, 2.75) is 38.5 Å². The van der Waals surface area contributed by atoms with Gasteiger partial charge in [-0.3, -0.25) is 4.79 Å². The van der Waals surface area contributed by atoms with Gasteiger partial charge in [0, 0.05) is 12.3 Å². The predicted octanol–water partition coefficient (Wildman–Crippen LogP) is 2.96. The summed E-state index contributed by atoms with van der Waals surface area (Å²) >= 11 is 0. The minimum atomic E-state index is 0.194. The molecule has 0 N–H and O–H groups in total. The molecule has 1 nitrogen and oxygen atoms in total. The van der Waals surface area contributed by atoms with E-state index in [1.54, 1.807) is 0 Å². The van der Waals surface area contributed by atoms with Crippen molar-refractivity contribution >= 4 is 5.78 Å². The standard InChI is InChI=1S/C12H18O/c1-2-10-11-6-4-3-5-9(11)7-8-12(10)13/h2,9-11H,1,3-8H2/t9-,10-,11+/m0/s1. The van der Waals surface area contributed by atoms with E-state index in [0.717, 1.165) is 18.8 Å². The zero-order valence-corrected chi connectivity index (χ0v) is 8.17. The van der Waals surface area contributed by atoms with Crippen molar-refractivity contribution in [3.05, 3.63) is 12.7 Å². The summed E-state index contributed by atoms with van der Waals surface area (Å²) in [4.78, 5) is 11.6. The summed E-state index contributed by atoms with van der Waals surface area (Å²) < 4.78 is 0. The molecular formula is C12H18O. The van der Waals surface area contributed by atoms with E-state index in [4.69, 9.17) is 0 Å². The van der Waals surface area contributed by atoms with Crippen LogP contribution in [0, 0.1) is 17.8 Å². The van der Waals surface area contributed by atoms with Crippen LogP contribution in [0.1, 0.15) is 38.5 Å². The van der Waals surface area contributed by atoms with Gasteiger partial charge < -0.3 is 0 Å². The second-order valence-corrected chi connectivity index (χ2v) is 4.47. The molecule has 2 fully saturated rings. The van der Waals surface area contributed by atoms with Crippen molar-refractivity contribution in [3.63, 3.8) is 0 Å². The summed E-state index contributed by atoms with van der Waals surface area (Å²) in [6.45, 7) is 3.80. The Kier molecular flexibility index (Phi) is 2.52. The molecule has 0 radical (unpaired) electrons. The smallest absolute Gasteiger partial charge is 0.140 e. The predicted molar refractivity (Wildman–Crippen MR) is 53.4 cm³/mol. The minimum Gasteiger partial charge on any atom is -0.299 e. The van der Waals surface area contributed by atoms with Crippen LogP contribution in [0.4, 0.5) is 0 Å². The lowest BCUT2D eigenvalue weighted by molar-refractivity contribution is -0.127. The largest absolute Gasteiger partial charge is 0.299 e. The van der Waals surface area contributed by atoms with Crippen LogP contribution in [0.15, 0.2) is 12.7 Å². The maximum Gasteiger partial charge on any atom is 0.140 e. The fourth-order valence-corrected chi connectivity index (χ4v) is 3.11. The van der Waals surface area contributed by atoms with Gasteiger partial charge in [-0.05, 0) is 24.7 Å². The van der Waals surface area contributed by atoms with Crippen LogP contribution in [0.5, 0.6) is 0 Å². The first-order chi connectivity index (χ1) is 6.33. The highest BCUT2D eigenvalue weighted by molar-refractivity contribution is 5.83. The first-order valence-electron chi connectivity index (χ1n) is 5.48. The van der Waals surface area contributed by atoms with E-state index in [2.05, 4.69) is 6.58 Å². The van der Waals surface area contributed by atoms with Gasteiger partial charge in [-0.1, -0.05) is 25.3 Å². The third-order valence-corrected chi connectivity index (χ3v) is 3.82. The molecule has 72 valence electrons. The first kappa shape index (κ1) is 8.98. The molecule has 1 heteroatoms. The van der Waals surface area contributed by atoms with Gasteiger partial charge in [0.1, 0.15) is 5.78 Å². The molecule has 0 unspecified atom stereocenters. The Labute approximate surface area is 80.2 Å². The van der Waals surface area contributed by atoms with Crippen LogP contribution in [0.2, 0.25) is 0 Å². The number of hydrogen-bond donors (Lipinski definition) is 0. The fraction of sp³-hybridized carbons (Fsp3) is 0.750. The summed E-state index contributed by atoms with van der Waals surface area (Å²) in [5.41, 5.74) is 0. The average Bonchev–Trinajstić information content (AvgIpc) is 2.18. The molecule has 0 saturated heterocycles. The SMILES string of the molecule is C=C[C@@H]1C(=O)CC[C@@H]2CCCC[C@H]21. The van der Waals surface area contributed by atoms with Gasteiger partial charge in [-0.15, -0.1) is 6.58 Å². The third kappa shape index (κ3) is 1.56. The zero-order chi connectivity index (χ0) is 9.26. The van der Waals surface area contributed by atoms with Crippen LogP contribution in [-0.2, 0) is 4.79 Å². The molecular weight excluding hydrogens is 160 g/mol. The number of fused-ring (bicyclic) bond motifs is 1. The Balaban J connectivity index is 2.13. The molecule has 0 aromatic heterocycles. The van der Waals surface area contributed by atoms with E-state index in [0.29, 0.717) is 11.7 Å². The number of Topliss-reactive ketones (excluding diaryl/α,β-unsaturated/α-hetero) is 1. The maximum atomic E-state index is 11.6. The van der Waals surface area contributed by atoms with Crippen LogP contribution >= 0.6 is 0 Å². The Bertz CT molecular complexity index is 219. The van der Waals surface area contributed by atoms with Gasteiger partial charge in [0.2, 0.25) is 0 Å². The van der Waals surface area contributed by atoms with Crippen molar-refractivity contribution in [2.75, 3.05) is 0 Å². The van der Waals surface area contributed by atoms with Gasteiger partial charge in [0.15, 0.2) is 0 Å². The third-order valence-electron chi connectivity index (χ3n) is 3.82. The van der Waals surface area contributed by atoms with Gasteiger partial charge in [0.25, 0.3) is 0 Å². The number of allylic oxidation sites excluding steroid dienone is 1. The van der Waals surface area contributed by atoms with E-state index in [9.17, 15) is 4.79 Å². The molecule has 0 spiro atoms. The highest BCUT2D eigenvalue weighted by atomic mass is 16.1. The fourth-order valence-electron chi connectivity index (χ4n) is 3.11. The lowest BCUT2D eigenvalue weighted by Gasteiger charge is -2.39. The molecule has 2 saturated carbocycles.